The minimum absolute atomic E-state index is 0.179. The zero-order chi connectivity index (χ0) is 18.0. The Morgan fingerprint density at radius 3 is 2.85 bits per heavy atom. The third-order valence-corrected chi connectivity index (χ3v) is 7.14. The summed E-state index contributed by atoms with van der Waals surface area (Å²) in [5.41, 5.74) is 0.946. The van der Waals surface area contributed by atoms with Crippen molar-refractivity contribution in [2.24, 2.45) is 5.92 Å². The minimum atomic E-state index is -3.45. The number of aromatic nitrogens is 2. The fourth-order valence-corrected chi connectivity index (χ4v) is 5.46. The Morgan fingerprint density at radius 2 is 2.08 bits per heavy atom. The first-order valence-electron chi connectivity index (χ1n) is 8.53. The molecule has 8 heteroatoms. The summed E-state index contributed by atoms with van der Waals surface area (Å²) < 4.78 is 32.6. The fourth-order valence-electron chi connectivity index (χ4n) is 3.25. The highest BCUT2D eigenvalue weighted by Gasteiger charge is 2.31. The van der Waals surface area contributed by atoms with Crippen molar-refractivity contribution in [3.05, 3.63) is 53.0 Å². The van der Waals surface area contributed by atoms with Gasteiger partial charge in [-0.1, -0.05) is 23.4 Å². The Balaban J connectivity index is 1.46. The van der Waals surface area contributed by atoms with Crippen molar-refractivity contribution in [1.82, 2.24) is 14.4 Å². The van der Waals surface area contributed by atoms with Crippen molar-refractivity contribution in [2.45, 2.75) is 24.2 Å². The molecule has 1 aliphatic heterocycles. The molecular weight excluding hydrogens is 370 g/mol. The van der Waals surface area contributed by atoms with Gasteiger partial charge in [0.05, 0.1) is 4.90 Å². The van der Waals surface area contributed by atoms with E-state index < -0.39 is 10.0 Å². The summed E-state index contributed by atoms with van der Waals surface area (Å²) in [4.78, 5) is 4.80. The first-order valence-corrected chi connectivity index (χ1v) is 10.9. The number of benzene rings is 1. The lowest BCUT2D eigenvalue weighted by Crippen LogP contribution is -2.40. The van der Waals surface area contributed by atoms with Gasteiger partial charge in [-0.05, 0) is 42.3 Å². The Kier molecular flexibility index (Phi) is 4.88. The normalized spacial score (nSPS) is 18.8. The highest BCUT2D eigenvalue weighted by atomic mass is 32.2. The average Bonchev–Trinajstić information content (AvgIpc) is 3.34. The van der Waals surface area contributed by atoms with Crippen molar-refractivity contribution in [1.29, 1.82) is 0 Å². The topological polar surface area (TPSA) is 76.3 Å². The Labute approximate surface area is 156 Å². The lowest BCUT2D eigenvalue weighted by Gasteiger charge is -2.31. The standard InChI is InChI=1S/C18H19N3O3S2/c22-26(23,16-6-2-1-3-7-16)21-9-4-5-14(12-21)11-17-19-18(20-24-17)15-8-10-25-13-15/h1-3,6-8,10,13-14H,4-5,9,11-12H2/t14-/m0/s1. The van der Waals surface area contributed by atoms with E-state index in [0.29, 0.717) is 36.1 Å². The molecule has 3 aromatic rings. The molecule has 1 atom stereocenters. The van der Waals surface area contributed by atoms with Gasteiger partial charge in [-0.15, -0.1) is 0 Å². The molecule has 4 rings (SSSR count). The van der Waals surface area contributed by atoms with E-state index in [1.165, 1.54) is 0 Å². The quantitative estimate of drug-likeness (QED) is 0.668. The zero-order valence-electron chi connectivity index (χ0n) is 14.1. The van der Waals surface area contributed by atoms with Crippen molar-refractivity contribution < 1.29 is 12.9 Å². The maximum absolute atomic E-state index is 12.8. The van der Waals surface area contributed by atoms with Crippen LogP contribution in [0.15, 0.2) is 56.6 Å². The number of nitrogens with zero attached hydrogens (tertiary/aromatic N) is 3. The van der Waals surface area contributed by atoms with Gasteiger partial charge in [-0.2, -0.15) is 20.6 Å². The zero-order valence-corrected chi connectivity index (χ0v) is 15.7. The predicted molar refractivity (Wildman–Crippen MR) is 99.2 cm³/mol. The van der Waals surface area contributed by atoms with Crippen LogP contribution in [0.3, 0.4) is 0 Å². The molecule has 136 valence electrons. The van der Waals surface area contributed by atoms with Gasteiger partial charge >= 0.3 is 0 Å². The molecule has 0 saturated carbocycles. The first-order chi connectivity index (χ1) is 12.6. The van der Waals surface area contributed by atoms with E-state index in [-0.39, 0.29) is 5.92 Å². The summed E-state index contributed by atoms with van der Waals surface area (Å²) in [6, 6.07) is 10.6. The van der Waals surface area contributed by atoms with Gasteiger partial charge in [0.2, 0.25) is 21.7 Å². The summed E-state index contributed by atoms with van der Waals surface area (Å²) in [6.45, 7) is 1.03. The van der Waals surface area contributed by atoms with Crippen LogP contribution in [0, 0.1) is 5.92 Å². The van der Waals surface area contributed by atoms with Crippen LogP contribution >= 0.6 is 11.3 Å². The number of rotatable bonds is 5. The first kappa shape index (κ1) is 17.4. The molecule has 26 heavy (non-hydrogen) atoms. The van der Waals surface area contributed by atoms with Crippen LogP contribution in [0.5, 0.6) is 0 Å². The van der Waals surface area contributed by atoms with E-state index in [1.807, 2.05) is 22.9 Å². The predicted octanol–water partition coefficient (Wildman–Crippen LogP) is 3.44. The molecule has 0 unspecified atom stereocenters. The van der Waals surface area contributed by atoms with Crippen LogP contribution in [0.25, 0.3) is 11.4 Å². The summed E-state index contributed by atoms with van der Waals surface area (Å²) in [6.07, 6.45) is 2.39. The Morgan fingerprint density at radius 1 is 1.23 bits per heavy atom. The number of sulfonamides is 1. The largest absolute Gasteiger partial charge is 0.339 e. The van der Waals surface area contributed by atoms with Crippen LogP contribution in [0.4, 0.5) is 0 Å². The van der Waals surface area contributed by atoms with Gasteiger partial charge < -0.3 is 4.52 Å². The van der Waals surface area contributed by atoms with Crippen molar-refractivity contribution in [2.75, 3.05) is 13.1 Å². The molecule has 3 heterocycles. The van der Waals surface area contributed by atoms with Gasteiger partial charge in [0.25, 0.3) is 0 Å². The van der Waals surface area contributed by atoms with Crippen LogP contribution in [0.1, 0.15) is 18.7 Å². The lowest BCUT2D eigenvalue weighted by atomic mass is 9.96. The second kappa shape index (κ2) is 7.30. The average molecular weight is 390 g/mol. The SMILES string of the molecule is O=S(=O)(c1ccccc1)N1CCC[C@@H](Cc2nc(-c3ccsc3)no2)C1. The second-order valence-corrected chi connectivity index (χ2v) is 9.13. The van der Waals surface area contributed by atoms with Gasteiger partial charge in [-0.25, -0.2) is 8.42 Å². The number of hydrogen-bond donors (Lipinski definition) is 0. The van der Waals surface area contributed by atoms with Crippen LogP contribution in [-0.4, -0.2) is 36.0 Å². The lowest BCUT2D eigenvalue weighted by molar-refractivity contribution is 0.247. The minimum Gasteiger partial charge on any atom is -0.339 e. The molecule has 1 saturated heterocycles. The second-order valence-electron chi connectivity index (χ2n) is 6.41. The molecule has 6 nitrogen and oxygen atoms in total. The molecule has 0 bridgehead atoms. The van der Waals surface area contributed by atoms with Crippen molar-refractivity contribution in [3.8, 4) is 11.4 Å². The van der Waals surface area contributed by atoms with E-state index in [4.69, 9.17) is 4.52 Å². The Bertz CT molecular complexity index is 953. The van der Waals surface area contributed by atoms with Crippen LogP contribution in [0.2, 0.25) is 0 Å². The third kappa shape index (κ3) is 3.58. The van der Waals surface area contributed by atoms with Crippen LogP contribution in [-0.2, 0) is 16.4 Å². The molecule has 0 spiro atoms. The summed E-state index contributed by atoms with van der Waals surface area (Å²) in [5, 5.41) is 7.97. The highest BCUT2D eigenvalue weighted by molar-refractivity contribution is 7.89. The third-order valence-electron chi connectivity index (χ3n) is 4.57. The van der Waals surface area contributed by atoms with E-state index in [1.54, 1.807) is 39.9 Å². The van der Waals surface area contributed by atoms with E-state index in [0.717, 1.165) is 18.4 Å². The van der Waals surface area contributed by atoms with Gasteiger partial charge in [0, 0.05) is 30.5 Å². The summed E-state index contributed by atoms with van der Waals surface area (Å²) in [5.74, 6) is 1.33. The van der Waals surface area contributed by atoms with Gasteiger partial charge in [0.15, 0.2) is 0 Å². The molecule has 0 radical (unpaired) electrons. The molecule has 1 aromatic carbocycles. The smallest absolute Gasteiger partial charge is 0.243 e. The molecule has 2 aromatic heterocycles. The summed E-state index contributed by atoms with van der Waals surface area (Å²) in [7, 11) is -3.45. The maximum atomic E-state index is 12.8. The molecule has 1 aliphatic rings. The van der Waals surface area contributed by atoms with Crippen molar-refractivity contribution >= 4 is 21.4 Å². The molecule has 0 N–H and O–H groups in total. The van der Waals surface area contributed by atoms with Crippen molar-refractivity contribution in [3.63, 3.8) is 0 Å². The van der Waals surface area contributed by atoms with E-state index >= 15 is 0 Å². The number of hydrogen-bond acceptors (Lipinski definition) is 6. The molecule has 0 aliphatic carbocycles. The fraction of sp³-hybridized carbons (Fsp3) is 0.333. The van der Waals surface area contributed by atoms with Gasteiger partial charge in [0.1, 0.15) is 0 Å². The maximum Gasteiger partial charge on any atom is 0.243 e. The van der Waals surface area contributed by atoms with Crippen LogP contribution < -0.4 is 0 Å². The monoisotopic (exact) mass is 389 g/mol. The Hall–Kier alpha value is -2.03. The van der Waals surface area contributed by atoms with Gasteiger partial charge in [-0.3, -0.25) is 0 Å². The van der Waals surface area contributed by atoms with E-state index in [9.17, 15) is 8.42 Å². The molecule has 0 amide bonds. The molecule has 1 fully saturated rings. The van der Waals surface area contributed by atoms with E-state index in [2.05, 4.69) is 10.1 Å². The number of thiophene rings is 1. The number of piperidine rings is 1. The highest BCUT2D eigenvalue weighted by Crippen LogP contribution is 2.26. The summed E-state index contributed by atoms with van der Waals surface area (Å²) >= 11 is 1.59. The molecular formula is C18H19N3O3S2.